The summed E-state index contributed by atoms with van der Waals surface area (Å²) in [5, 5.41) is 6.08. The number of ether oxygens (including phenoxy) is 2. The average molecular weight is 423 g/mol. The molecule has 0 radical (unpaired) electrons. The Bertz CT molecular complexity index is 1150. The van der Waals surface area contributed by atoms with Gasteiger partial charge in [-0.1, -0.05) is 19.3 Å². The summed E-state index contributed by atoms with van der Waals surface area (Å²) in [5.74, 6) is 2.48. The molecule has 30 heavy (non-hydrogen) atoms. The van der Waals surface area contributed by atoms with Gasteiger partial charge in [-0.2, -0.15) is 0 Å². The third-order valence-corrected chi connectivity index (χ3v) is 7.23. The molecule has 0 bridgehead atoms. The van der Waals surface area contributed by atoms with Crippen molar-refractivity contribution in [3.8, 4) is 22.1 Å². The zero-order valence-electron chi connectivity index (χ0n) is 17.6. The maximum atomic E-state index is 5.46. The molecule has 156 valence electrons. The fourth-order valence-electron chi connectivity index (χ4n) is 4.37. The molecule has 0 saturated heterocycles. The van der Waals surface area contributed by atoms with E-state index >= 15 is 0 Å². The van der Waals surface area contributed by atoms with E-state index in [9.17, 15) is 0 Å². The minimum Gasteiger partial charge on any atom is -0.493 e. The SMILES string of the molecule is COc1cc2cc(-c3cnc4ccc(N(C)C5CCCCC5)nn34)sc2cc1OC. The maximum Gasteiger partial charge on any atom is 0.162 e. The van der Waals surface area contributed by atoms with Gasteiger partial charge in [0.1, 0.15) is 11.5 Å². The molecule has 1 aromatic carbocycles. The van der Waals surface area contributed by atoms with Crippen LogP contribution in [0.25, 0.3) is 26.3 Å². The van der Waals surface area contributed by atoms with Crippen molar-refractivity contribution in [2.75, 3.05) is 26.2 Å². The number of methoxy groups -OCH3 is 2. The molecule has 1 aliphatic rings. The summed E-state index contributed by atoms with van der Waals surface area (Å²) >= 11 is 1.71. The number of anilines is 1. The second kappa shape index (κ2) is 7.80. The van der Waals surface area contributed by atoms with E-state index < -0.39 is 0 Å². The summed E-state index contributed by atoms with van der Waals surface area (Å²) in [6.07, 6.45) is 8.36. The first kappa shape index (κ1) is 19.2. The van der Waals surface area contributed by atoms with Crippen LogP contribution in [0.1, 0.15) is 32.1 Å². The molecule has 7 heteroatoms. The Morgan fingerprint density at radius 2 is 1.80 bits per heavy atom. The predicted molar refractivity (Wildman–Crippen MR) is 122 cm³/mol. The molecule has 3 aromatic heterocycles. The minimum absolute atomic E-state index is 0.569. The Hall–Kier alpha value is -2.80. The van der Waals surface area contributed by atoms with E-state index in [-0.39, 0.29) is 0 Å². The molecule has 0 spiro atoms. The zero-order valence-corrected chi connectivity index (χ0v) is 18.4. The van der Waals surface area contributed by atoms with Crippen LogP contribution in [0.4, 0.5) is 5.82 Å². The fraction of sp³-hybridized carbons (Fsp3) is 0.391. The van der Waals surface area contributed by atoms with Gasteiger partial charge in [-0.25, -0.2) is 9.50 Å². The number of nitrogens with zero attached hydrogens (tertiary/aromatic N) is 4. The van der Waals surface area contributed by atoms with Gasteiger partial charge in [0.15, 0.2) is 17.1 Å². The highest BCUT2D eigenvalue weighted by atomic mass is 32.1. The molecule has 0 N–H and O–H groups in total. The first-order valence-electron chi connectivity index (χ1n) is 10.4. The van der Waals surface area contributed by atoms with Crippen molar-refractivity contribution in [2.45, 2.75) is 38.1 Å². The van der Waals surface area contributed by atoms with Crippen molar-refractivity contribution in [2.24, 2.45) is 0 Å². The Morgan fingerprint density at radius 1 is 1.03 bits per heavy atom. The van der Waals surface area contributed by atoms with Crippen LogP contribution in [-0.2, 0) is 0 Å². The quantitative estimate of drug-likeness (QED) is 0.431. The molecule has 1 aliphatic carbocycles. The van der Waals surface area contributed by atoms with E-state index in [2.05, 4.69) is 35.1 Å². The van der Waals surface area contributed by atoms with Crippen LogP contribution >= 0.6 is 11.3 Å². The van der Waals surface area contributed by atoms with Gasteiger partial charge >= 0.3 is 0 Å². The second-order valence-electron chi connectivity index (χ2n) is 7.86. The number of hydrogen-bond donors (Lipinski definition) is 0. The van der Waals surface area contributed by atoms with E-state index in [1.165, 1.54) is 32.1 Å². The van der Waals surface area contributed by atoms with E-state index in [0.29, 0.717) is 6.04 Å². The normalized spacial score (nSPS) is 15.0. The lowest BCUT2D eigenvalue weighted by Gasteiger charge is -2.31. The van der Waals surface area contributed by atoms with Gasteiger partial charge in [0.05, 0.1) is 25.3 Å². The van der Waals surface area contributed by atoms with Crippen molar-refractivity contribution in [1.29, 1.82) is 0 Å². The highest BCUT2D eigenvalue weighted by Gasteiger charge is 2.20. The number of imidazole rings is 1. The summed E-state index contributed by atoms with van der Waals surface area (Å²) in [6.45, 7) is 0. The Balaban J connectivity index is 1.55. The van der Waals surface area contributed by atoms with Crippen molar-refractivity contribution in [1.82, 2.24) is 14.6 Å². The van der Waals surface area contributed by atoms with Crippen LogP contribution in [0.15, 0.2) is 36.5 Å². The zero-order chi connectivity index (χ0) is 20.7. The first-order chi connectivity index (χ1) is 14.7. The van der Waals surface area contributed by atoms with Gasteiger partial charge in [-0.05, 0) is 42.5 Å². The van der Waals surface area contributed by atoms with E-state index in [0.717, 1.165) is 43.6 Å². The van der Waals surface area contributed by atoms with Crippen molar-refractivity contribution < 1.29 is 9.47 Å². The fourth-order valence-corrected chi connectivity index (χ4v) is 5.44. The van der Waals surface area contributed by atoms with Gasteiger partial charge in [0, 0.05) is 23.9 Å². The number of hydrogen-bond acceptors (Lipinski definition) is 6. The van der Waals surface area contributed by atoms with Crippen molar-refractivity contribution in [3.63, 3.8) is 0 Å². The average Bonchev–Trinajstić information content (AvgIpc) is 3.40. The molecule has 1 fully saturated rings. The van der Waals surface area contributed by atoms with Crippen LogP contribution in [0.2, 0.25) is 0 Å². The summed E-state index contributed by atoms with van der Waals surface area (Å²) in [7, 11) is 5.49. The molecule has 0 aliphatic heterocycles. The summed E-state index contributed by atoms with van der Waals surface area (Å²) in [6, 6.07) is 10.9. The van der Waals surface area contributed by atoms with Crippen LogP contribution < -0.4 is 14.4 Å². The largest absolute Gasteiger partial charge is 0.493 e. The topological polar surface area (TPSA) is 51.9 Å². The Kier molecular flexibility index (Phi) is 4.98. The number of thiophene rings is 1. The van der Waals surface area contributed by atoms with Gasteiger partial charge in [-0.3, -0.25) is 0 Å². The highest BCUT2D eigenvalue weighted by Crippen LogP contribution is 2.40. The molecular formula is C23H26N4O2S. The molecule has 0 atom stereocenters. The molecule has 0 amide bonds. The standard InChI is InChI=1S/C23H26N4O2S/c1-26(16-7-5-4-6-8-16)23-10-9-22-24-14-17(27(22)25-23)21-12-15-11-18(28-2)19(29-3)13-20(15)30-21/h9-14,16H,4-8H2,1-3H3. The molecule has 4 aromatic rings. The lowest BCUT2D eigenvalue weighted by Crippen LogP contribution is -2.34. The van der Waals surface area contributed by atoms with E-state index in [1.807, 2.05) is 22.8 Å². The van der Waals surface area contributed by atoms with Crippen LogP contribution in [0.3, 0.4) is 0 Å². The lowest BCUT2D eigenvalue weighted by molar-refractivity contribution is 0.356. The monoisotopic (exact) mass is 422 g/mol. The van der Waals surface area contributed by atoms with Gasteiger partial charge < -0.3 is 14.4 Å². The molecule has 1 saturated carbocycles. The highest BCUT2D eigenvalue weighted by molar-refractivity contribution is 7.22. The van der Waals surface area contributed by atoms with Gasteiger partial charge in [0.25, 0.3) is 0 Å². The van der Waals surface area contributed by atoms with Crippen molar-refractivity contribution in [3.05, 3.63) is 36.5 Å². The number of benzene rings is 1. The lowest BCUT2D eigenvalue weighted by atomic mass is 9.94. The predicted octanol–water partition coefficient (Wildman–Crippen LogP) is 5.40. The Labute approximate surface area is 180 Å². The minimum atomic E-state index is 0.569. The molecular weight excluding hydrogens is 396 g/mol. The van der Waals surface area contributed by atoms with Crippen LogP contribution in [0, 0.1) is 0 Å². The van der Waals surface area contributed by atoms with Gasteiger partial charge in [-0.15, -0.1) is 16.4 Å². The number of rotatable bonds is 5. The number of aromatic nitrogens is 3. The summed E-state index contributed by atoms with van der Waals surface area (Å²) in [5.41, 5.74) is 1.86. The maximum absolute atomic E-state index is 5.46. The number of fused-ring (bicyclic) bond motifs is 2. The smallest absolute Gasteiger partial charge is 0.162 e. The third-order valence-electron chi connectivity index (χ3n) is 6.11. The van der Waals surface area contributed by atoms with Crippen molar-refractivity contribution >= 4 is 32.9 Å². The molecule has 0 unspecified atom stereocenters. The van der Waals surface area contributed by atoms with Crippen LogP contribution in [0.5, 0.6) is 11.5 Å². The Morgan fingerprint density at radius 3 is 2.57 bits per heavy atom. The second-order valence-corrected chi connectivity index (χ2v) is 8.95. The van der Waals surface area contributed by atoms with E-state index in [4.69, 9.17) is 14.6 Å². The summed E-state index contributed by atoms with van der Waals surface area (Å²) < 4.78 is 14.0. The molecule has 6 nitrogen and oxygen atoms in total. The molecule has 3 heterocycles. The third kappa shape index (κ3) is 3.27. The molecule has 5 rings (SSSR count). The van der Waals surface area contributed by atoms with E-state index in [1.54, 1.807) is 25.6 Å². The van der Waals surface area contributed by atoms with Crippen LogP contribution in [-0.4, -0.2) is 41.9 Å². The summed E-state index contributed by atoms with van der Waals surface area (Å²) in [4.78, 5) is 8.04. The first-order valence-corrected chi connectivity index (χ1v) is 11.2. The van der Waals surface area contributed by atoms with Gasteiger partial charge in [0.2, 0.25) is 0 Å².